The Hall–Kier alpha value is -13.4. The number of carboxylic acid groups (broad SMARTS) is 2. The fraction of sp³-hybridized carbons (Fsp3) is 0.494. The molecule has 0 unspecified atom stereocenters. The fourth-order valence-corrected chi connectivity index (χ4v) is 14.6. The molecule has 14 atom stereocenters. The third kappa shape index (κ3) is 31.4. The van der Waals surface area contributed by atoms with Crippen molar-refractivity contribution in [2.75, 3.05) is 44.7 Å². The van der Waals surface area contributed by atoms with Crippen molar-refractivity contribution in [1.29, 1.82) is 5.41 Å². The predicted octanol–water partition coefficient (Wildman–Crippen LogP) is -6.49. The number of aliphatic carboxylic acids is 2. The van der Waals surface area contributed by atoms with Gasteiger partial charge in [-0.05, 0) is 125 Å². The number of aliphatic hydroxyl groups excluding tert-OH is 1. The Bertz CT molecular complexity index is 4750. The molecule has 2 bridgehead atoms. The molecule has 16 amide bonds. The largest absolute Gasteiger partial charge is 0.508 e. The van der Waals surface area contributed by atoms with Gasteiger partial charge in [-0.25, -0.2) is 9.59 Å². The first-order chi connectivity index (χ1) is 60.4. The molecule has 3 aromatic carbocycles. The number of rotatable bonds is 32. The van der Waals surface area contributed by atoms with Gasteiger partial charge in [-0.2, -0.15) is 25.3 Å². The number of aromatic nitrogens is 4. The van der Waals surface area contributed by atoms with E-state index in [0.717, 1.165) is 16.7 Å². The number of nitrogens with two attached hydrogens (primary N) is 4. The van der Waals surface area contributed by atoms with E-state index in [9.17, 15) is 83.1 Å². The lowest BCUT2D eigenvalue weighted by atomic mass is 10.0. The van der Waals surface area contributed by atoms with E-state index in [1.165, 1.54) is 66.5 Å². The van der Waals surface area contributed by atoms with E-state index in [4.69, 9.17) is 28.3 Å². The number of aromatic amines is 1. The molecule has 48 heteroatoms. The molecular weight excluding hydrogens is 1700 g/mol. The lowest BCUT2D eigenvalue weighted by Gasteiger charge is -2.31. The summed E-state index contributed by atoms with van der Waals surface area (Å²) in [6.45, 7) is -0.305. The number of phenols is 2. The molecule has 5 aromatic rings. The molecular formula is C79H110N24O22S2. The number of benzene rings is 3. The number of aryl methyl sites for hydroxylation is 2. The minimum Gasteiger partial charge on any atom is -0.508 e. The van der Waals surface area contributed by atoms with Crippen LogP contribution in [0.4, 0.5) is 4.79 Å². The van der Waals surface area contributed by atoms with Gasteiger partial charge in [-0.1, -0.05) is 47.7 Å². The topological polar surface area (TPSA) is 729 Å². The number of nitrogens with zero attached hydrogens (tertiary/aromatic N) is 5. The van der Waals surface area contributed by atoms with Crippen LogP contribution in [0.15, 0.2) is 85.2 Å². The number of fused-ring (bicyclic) bond motifs is 4. The third-order valence-corrected chi connectivity index (χ3v) is 21.6. The number of nitrogens with one attached hydrogen (secondary N) is 15. The summed E-state index contributed by atoms with van der Waals surface area (Å²) in [5.41, 5.74) is 24.0. The van der Waals surface area contributed by atoms with Gasteiger partial charge in [0.05, 0.1) is 24.8 Å². The van der Waals surface area contributed by atoms with E-state index in [2.05, 4.69) is 110 Å². The van der Waals surface area contributed by atoms with Gasteiger partial charge in [0.2, 0.25) is 82.7 Å². The Morgan fingerprint density at radius 2 is 1.20 bits per heavy atom. The average molecular weight is 1810 g/mol. The molecule has 690 valence electrons. The van der Waals surface area contributed by atoms with Gasteiger partial charge in [-0.15, -0.1) is 5.10 Å². The number of hydrogen-bond donors (Lipinski definition) is 26. The second-order valence-electron chi connectivity index (χ2n) is 30.4. The van der Waals surface area contributed by atoms with E-state index in [1.54, 1.807) is 30.5 Å². The van der Waals surface area contributed by atoms with Crippen LogP contribution in [0.1, 0.15) is 106 Å². The first kappa shape index (κ1) is 101. The van der Waals surface area contributed by atoms with Crippen LogP contribution in [0.5, 0.6) is 11.5 Å². The van der Waals surface area contributed by atoms with Crippen LogP contribution in [0.25, 0.3) is 10.9 Å². The molecule has 28 N–H and O–H groups in total. The lowest BCUT2D eigenvalue weighted by Crippen LogP contribution is -2.62. The van der Waals surface area contributed by atoms with Crippen molar-refractivity contribution in [3.05, 3.63) is 108 Å². The summed E-state index contributed by atoms with van der Waals surface area (Å²) in [5, 5.41) is 102. The number of carbonyl (C=O) groups excluding carboxylic acids is 15. The van der Waals surface area contributed by atoms with Crippen molar-refractivity contribution in [3.63, 3.8) is 0 Å². The maximum atomic E-state index is 15.4. The van der Waals surface area contributed by atoms with Crippen molar-refractivity contribution in [2.24, 2.45) is 22.9 Å². The van der Waals surface area contributed by atoms with Gasteiger partial charge in [0.25, 0.3) is 0 Å². The highest BCUT2D eigenvalue weighted by Gasteiger charge is 2.43. The molecule has 0 aliphatic carbocycles. The van der Waals surface area contributed by atoms with E-state index in [-0.39, 0.29) is 113 Å². The molecule has 2 aliphatic rings. The number of likely N-dealkylation sites (N-methyl/N-ethyl adjacent to an activating group) is 1. The first-order valence-electron chi connectivity index (χ1n) is 40.7. The quantitative estimate of drug-likeness (QED) is 0.00824. The molecule has 46 nitrogen and oxygen atoms in total. The molecule has 127 heavy (non-hydrogen) atoms. The standard InChI is InChI=1S/C79H110N24O22S2/c1-40(104)64-74(120)96-56(34-63(109)110)76(122)103-30-8-14-59(103)73(119)93-50(11-5-27-85-78(82)83)67(113)97-58(39-127)72(118)90-49(12-6-28-86-79(84)125)65(111)91-52(24-19-43-36-87-48-10-4-3-9-47(43)48)68(114)92-53(25-26-61(81)107)69(115)89-51(13-7-29-102-37-44(99-100-102)33-54(70(116)98-64)94-71(117)57(38-126)88-62(108)35-80)66(112)95-55(31-41-15-20-45(105)21-16-41)75(121)101(2)60(77(123)124)32-42-17-22-46(106)23-18-42/h3-4,9-10,15-18,20-23,36-37,40,49-60,64,87,104-106,126-127H,5-8,11-14,19,24-35,38-39,80H2,1-2H3,(H2,81,107)(H,88,108)(H,89,115)(H,90,118)(H,91,111)(H,92,114)(H,93,119)(H,94,117)(H,95,112)(H,96,120)(H,97,113)(H,98,116)(H,109,110)(H,123,124)(H4,82,83,85)(H3,84,86,125)/t40-,49-,50-,51-,52+,53-,54+,55+,56-,57+,58+,59+,60-,64+/m0/s1. The zero-order valence-corrected chi connectivity index (χ0v) is 71.3. The van der Waals surface area contributed by atoms with Crippen LogP contribution in [-0.2, 0) is 109 Å². The van der Waals surface area contributed by atoms with Crippen LogP contribution in [0.3, 0.4) is 0 Å². The lowest BCUT2D eigenvalue weighted by molar-refractivity contribution is -0.150. The number of aromatic hydroxyl groups is 2. The van der Waals surface area contributed by atoms with E-state index in [0.29, 0.717) is 27.6 Å². The number of primary amides is 2. The molecule has 7 rings (SSSR count). The van der Waals surface area contributed by atoms with Gasteiger partial charge >= 0.3 is 18.0 Å². The van der Waals surface area contributed by atoms with Crippen LogP contribution in [0, 0.1) is 5.41 Å². The molecule has 1 fully saturated rings. The predicted molar refractivity (Wildman–Crippen MR) is 458 cm³/mol. The Labute approximate surface area is 738 Å². The van der Waals surface area contributed by atoms with Gasteiger partial charge in [0, 0.05) is 93.7 Å². The van der Waals surface area contributed by atoms with Crippen molar-refractivity contribution < 1.29 is 107 Å². The third-order valence-electron chi connectivity index (χ3n) is 20.9. The van der Waals surface area contributed by atoms with Gasteiger partial charge in [-0.3, -0.25) is 82.0 Å². The van der Waals surface area contributed by atoms with Crippen molar-refractivity contribution >= 4 is 143 Å². The number of guanidine groups is 1. The fourth-order valence-electron chi connectivity index (χ4n) is 14.1. The molecule has 2 aromatic heterocycles. The number of carboxylic acids is 2. The highest BCUT2D eigenvalue weighted by atomic mass is 32.1. The van der Waals surface area contributed by atoms with Crippen LogP contribution in [-0.4, -0.2) is 291 Å². The summed E-state index contributed by atoms with van der Waals surface area (Å²) in [7, 11) is 1.17. The summed E-state index contributed by atoms with van der Waals surface area (Å²) in [6.07, 6.45) is -4.43. The molecule has 4 heterocycles. The van der Waals surface area contributed by atoms with Crippen molar-refractivity contribution in [1.82, 2.24) is 98.9 Å². The zero-order chi connectivity index (χ0) is 93.3. The molecule has 2 aliphatic heterocycles. The van der Waals surface area contributed by atoms with E-state index in [1.807, 2.05) is 0 Å². The maximum absolute atomic E-state index is 15.4. The monoisotopic (exact) mass is 1810 g/mol. The number of amides is 16. The normalized spacial score (nSPS) is 21.5. The number of urea groups is 1. The number of thiol groups is 2. The minimum absolute atomic E-state index is 0.00211. The second-order valence-corrected chi connectivity index (χ2v) is 31.2. The van der Waals surface area contributed by atoms with Crippen LogP contribution < -0.4 is 92.1 Å². The molecule has 0 saturated carbocycles. The maximum Gasteiger partial charge on any atom is 0.326 e. The Morgan fingerprint density at radius 1 is 0.646 bits per heavy atom. The number of carbonyl (C=O) groups is 17. The minimum atomic E-state index is -2.10. The number of phenolic OH excluding ortho intramolecular Hbond substituents is 2. The Kier molecular flexibility index (Phi) is 39.1. The van der Waals surface area contributed by atoms with E-state index < -0.39 is 242 Å². The molecule has 1 saturated heterocycles. The summed E-state index contributed by atoms with van der Waals surface area (Å²) in [4.78, 5) is 246. The summed E-state index contributed by atoms with van der Waals surface area (Å²) < 4.78 is 1.18. The Balaban J connectivity index is 1.36. The van der Waals surface area contributed by atoms with Gasteiger partial charge in [0.15, 0.2) is 5.96 Å². The number of hydrogen-bond acceptors (Lipinski definition) is 26. The van der Waals surface area contributed by atoms with Crippen molar-refractivity contribution in [2.45, 2.75) is 201 Å². The highest BCUT2D eigenvalue weighted by molar-refractivity contribution is 7.80. The average Bonchev–Trinajstić information content (AvgIpc) is 1.40. The smallest absolute Gasteiger partial charge is 0.326 e. The number of aliphatic hydroxyl groups is 1. The van der Waals surface area contributed by atoms with Gasteiger partial charge < -0.3 is 132 Å². The number of para-hydroxylation sites is 1. The van der Waals surface area contributed by atoms with Gasteiger partial charge in [0.1, 0.15) is 90.0 Å². The molecule has 0 radical (unpaired) electrons. The molecule has 0 spiro atoms. The summed E-state index contributed by atoms with van der Waals surface area (Å²) in [6, 6.07) is -5.71. The summed E-state index contributed by atoms with van der Waals surface area (Å²) in [5.74, 6) is -20.2. The van der Waals surface area contributed by atoms with Crippen LogP contribution >= 0.6 is 25.3 Å². The zero-order valence-electron chi connectivity index (χ0n) is 69.5. The number of H-pyrrole nitrogens is 1. The second kappa shape index (κ2) is 49.3. The highest BCUT2D eigenvalue weighted by Crippen LogP contribution is 2.24. The van der Waals surface area contributed by atoms with Crippen LogP contribution in [0.2, 0.25) is 0 Å². The van der Waals surface area contributed by atoms with Crippen molar-refractivity contribution in [3.8, 4) is 11.5 Å². The Morgan fingerprint density at radius 3 is 1.78 bits per heavy atom. The summed E-state index contributed by atoms with van der Waals surface area (Å²) >= 11 is 8.53. The SMILES string of the molecule is C[C@H](O)[C@H]1NC(=O)[C@H](NC(=O)[C@@H](CS)NC(=O)CN)Cc2cn(nn2)CCC[C@@H](C(=O)N[C@H](Cc2ccc(O)cc2)C(=O)N(C)[C@@H](Cc2ccc(O)cc2)C(=O)O)NC(=O)[C@H](CCC(N)=O)NC(=O)[C@@H](CCc2c[nH]c3ccccc23)NC(=O)[C@H](CCCNC(N)=O)NC(=O)[C@@H](CS)NC(=O)[C@H](CCCNC(=N)N)NC(=O)[C@H]2CCCN2C(=O)[C@H](CC(=O)O)NC1=O. The van der Waals surface area contributed by atoms with E-state index >= 15 is 24.0 Å². The first-order valence-corrected chi connectivity index (χ1v) is 42.0.